The number of urea groups is 1. The molecule has 0 radical (unpaired) electrons. The van der Waals surface area contributed by atoms with Crippen LogP contribution in [0.1, 0.15) is 40.0 Å². The second-order valence-corrected chi connectivity index (χ2v) is 7.24. The van der Waals surface area contributed by atoms with Crippen molar-refractivity contribution in [1.29, 1.82) is 0 Å². The van der Waals surface area contributed by atoms with Crippen molar-refractivity contribution in [3.63, 3.8) is 0 Å². The number of rotatable bonds is 2. The maximum Gasteiger partial charge on any atom is 0.320 e. The van der Waals surface area contributed by atoms with Gasteiger partial charge in [-0.15, -0.1) is 0 Å². The third-order valence-corrected chi connectivity index (χ3v) is 5.53. The summed E-state index contributed by atoms with van der Waals surface area (Å²) in [7, 11) is 1.43. The zero-order chi connectivity index (χ0) is 18.4. The first-order valence-electron chi connectivity index (χ1n) is 9.50. The predicted octanol–water partition coefficient (Wildman–Crippen LogP) is 2.36. The molecule has 3 rings (SSSR count). The number of methoxy groups -OCH3 is 1. The van der Waals surface area contributed by atoms with Crippen LogP contribution in [0, 0.1) is 5.41 Å². The smallest absolute Gasteiger partial charge is 0.320 e. The second kappa shape index (κ2) is 8.70. The summed E-state index contributed by atoms with van der Waals surface area (Å²) in [5.41, 5.74) is 1.66. The van der Waals surface area contributed by atoms with Gasteiger partial charge in [0.05, 0.1) is 13.7 Å². The van der Waals surface area contributed by atoms with E-state index in [4.69, 9.17) is 4.74 Å². The molecule has 1 spiro atoms. The fourth-order valence-corrected chi connectivity index (χ4v) is 3.79. The topological polar surface area (TPSA) is 53.1 Å². The molecule has 0 aromatic carbocycles. The van der Waals surface area contributed by atoms with Crippen molar-refractivity contribution in [3.05, 3.63) is 11.6 Å². The predicted molar refractivity (Wildman–Crippen MR) is 98.4 cm³/mol. The molecule has 0 atom stereocenters. The van der Waals surface area contributed by atoms with Gasteiger partial charge in [0.1, 0.15) is 0 Å². The maximum absolute atomic E-state index is 12.5. The maximum atomic E-state index is 12.5. The number of piperidine rings is 1. The molecule has 0 aromatic heterocycles. The Morgan fingerprint density at radius 3 is 2.28 bits per heavy atom. The molecule has 2 fully saturated rings. The van der Waals surface area contributed by atoms with E-state index in [0.29, 0.717) is 6.54 Å². The first kappa shape index (κ1) is 19.8. The summed E-state index contributed by atoms with van der Waals surface area (Å²) in [5, 5.41) is 0. The largest absolute Gasteiger partial charge is 0.468 e. The zero-order valence-electron chi connectivity index (χ0n) is 16.2. The Labute approximate surface area is 151 Å². The van der Waals surface area contributed by atoms with E-state index in [0.717, 1.165) is 58.5 Å². The summed E-state index contributed by atoms with van der Waals surface area (Å²) >= 11 is 0. The summed E-state index contributed by atoms with van der Waals surface area (Å²) in [6.45, 7) is 11.7. The number of amides is 2. The van der Waals surface area contributed by atoms with Gasteiger partial charge >= 0.3 is 12.0 Å². The van der Waals surface area contributed by atoms with E-state index < -0.39 is 0 Å². The molecule has 0 aromatic rings. The Bertz CT molecular complexity index is 502. The fourth-order valence-electron chi connectivity index (χ4n) is 3.79. The van der Waals surface area contributed by atoms with Gasteiger partial charge in [-0.3, -0.25) is 9.69 Å². The Balaban J connectivity index is 0.00000109. The van der Waals surface area contributed by atoms with Crippen LogP contribution in [0.15, 0.2) is 11.6 Å². The molecule has 6 heteroatoms. The molecule has 2 amide bonds. The van der Waals surface area contributed by atoms with E-state index in [9.17, 15) is 9.59 Å². The van der Waals surface area contributed by atoms with Gasteiger partial charge in [-0.25, -0.2) is 4.79 Å². The standard InChI is InChI=1S/C17H27N3O3.C2H6/c1-14-3-7-19(8-4-14)16(22)20-12-17(13-20)5-9-18(10-6-17)11-15(21)23-2;1-2/h3H,4-13H2,1-2H3;1-2H3. The quantitative estimate of drug-likeness (QED) is 0.566. The summed E-state index contributed by atoms with van der Waals surface area (Å²) in [5.74, 6) is -0.167. The average Bonchev–Trinajstić information content (AvgIpc) is 2.62. The zero-order valence-corrected chi connectivity index (χ0v) is 16.2. The molecule has 2 saturated heterocycles. The van der Waals surface area contributed by atoms with Crippen LogP contribution < -0.4 is 0 Å². The number of nitrogens with zero attached hydrogens (tertiary/aromatic N) is 3. The highest BCUT2D eigenvalue weighted by Gasteiger charge is 2.47. The number of carbonyl (C=O) groups is 2. The van der Waals surface area contributed by atoms with Crippen LogP contribution in [0.2, 0.25) is 0 Å². The molecule has 25 heavy (non-hydrogen) atoms. The van der Waals surface area contributed by atoms with Crippen LogP contribution in [0.5, 0.6) is 0 Å². The van der Waals surface area contributed by atoms with E-state index in [-0.39, 0.29) is 17.4 Å². The highest BCUT2D eigenvalue weighted by Crippen LogP contribution is 2.40. The molecule has 0 saturated carbocycles. The molecule has 0 aliphatic carbocycles. The van der Waals surface area contributed by atoms with Crippen LogP contribution in [0.4, 0.5) is 4.79 Å². The van der Waals surface area contributed by atoms with Gasteiger partial charge in [0.25, 0.3) is 0 Å². The lowest BCUT2D eigenvalue weighted by atomic mass is 9.72. The van der Waals surface area contributed by atoms with Crippen LogP contribution >= 0.6 is 0 Å². The minimum atomic E-state index is -0.167. The van der Waals surface area contributed by atoms with Crippen LogP contribution in [-0.4, -0.2) is 79.6 Å². The van der Waals surface area contributed by atoms with Crippen molar-refractivity contribution < 1.29 is 14.3 Å². The molecule has 0 N–H and O–H groups in total. The van der Waals surface area contributed by atoms with Gasteiger partial charge < -0.3 is 14.5 Å². The summed E-state index contributed by atoms with van der Waals surface area (Å²) < 4.78 is 4.72. The van der Waals surface area contributed by atoms with Crippen LogP contribution in [0.3, 0.4) is 0 Å². The molecule has 142 valence electrons. The third kappa shape index (κ3) is 4.75. The first-order chi connectivity index (χ1) is 12.0. The van der Waals surface area contributed by atoms with Gasteiger partial charge in [0.2, 0.25) is 0 Å². The Morgan fingerprint density at radius 2 is 1.76 bits per heavy atom. The van der Waals surface area contributed by atoms with E-state index in [1.807, 2.05) is 23.6 Å². The van der Waals surface area contributed by atoms with Crippen LogP contribution in [-0.2, 0) is 9.53 Å². The van der Waals surface area contributed by atoms with Gasteiger partial charge in [0, 0.05) is 31.6 Å². The molecular formula is C19H33N3O3. The lowest BCUT2D eigenvalue weighted by Crippen LogP contribution is -2.64. The highest BCUT2D eigenvalue weighted by molar-refractivity contribution is 5.76. The molecule has 6 nitrogen and oxygen atoms in total. The number of likely N-dealkylation sites (tertiary alicyclic amines) is 2. The van der Waals surface area contributed by atoms with E-state index in [1.165, 1.54) is 12.7 Å². The molecule has 0 unspecified atom stereocenters. The Kier molecular flexibility index (Phi) is 6.87. The van der Waals surface area contributed by atoms with Gasteiger partial charge in [-0.05, 0) is 39.3 Å². The minimum Gasteiger partial charge on any atom is -0.468 e. The number of ether oxygens (including phenoxy) is 1. The molecule has 0 bridgehead atoms. The number of hydrogen-bond donors (Lipinski definition) is 0. The Hall–Kier alpha value is -1.56. The second-order valence-electron chi connectivity index (χ2n) is 7.24. The van der Waals surface area contributed by atoms with Crippen molar-refractivity contribution in [2.45, 2.75) is 40.0 Å². The summed E-state index contributed by atoms with van der Waals surface area (Å²) in [6.07, 6.45) is 5.27. The molecule has 3 aliphatic heterocycles. The lowest BCUT2D eigenvalue weighted by Gasteiger charge is -2.54. The first-order valence-corrected chi connectivity index (χ1v) is 9.50. The SMILES string of the molecule is CC.COC(=O)CN1CCC2(CC1)CN(C(=O)N1CC=C(C)CC1)C2. The van der Waals surface area contributed by atoms with Crippen molar-refractivity contribution in [3.8, 4) is 0 Å². The van der Waals surface area contributed by atoms with Crippen molar-refractivity contribution in [1.82, 2.24) is 14.7 Å². The highest BCUT2D eigenvalue weighted by atomic mass is 16.5. The minimum absolute atomic E-state index is 0.167. The van der Waals surface area contributed by atoms with Gasteiger partial charge in [-0.1, -0.05) is 25.5 Å². The molecule has 3 aliphatic rings. The normalized spacial score (nSPS) is 22.5. The number of carbonyl (C=O) groups excluding carboxylic acids is 2. The van der Waals surface area contributed by atoms with Crippen molar-refractivity contribution in [2.24, 2.45) is 5.41 Å². The summed E-state index contributed by atoms with van der Waals surface area (Å²) in [4.78, 5) is 29.9. The fraction of sp³-hybridized carbons (Fsp3) is 0.789. The van der Waals surface area contributed by atoms with E-state index >= 15 is 0 Å². The number of hydrogen-bond acceptors (Lipinski definition) is 4. The molecule has 3 heterocycles. The van der Waals surface area contributed by atoms with Gasteiger partial charge in [-0.2, -0.15) is 0 Å². The monoisotopic (exact) mass is 351 g/mol. The van der Waals surface area contributed by atoms with Crippen LogP contribution in [0.25, 0.3) is 0 Å². The van der Waals surface area contributed by atoms with E-state index in [1.54, 1.807) is 0 Å². The summed E-state index contributed by atoms with van der Waals surface area (Å²) in [6, 6.07) is 0.191. The van der Waals surface area contributed by atoms with Crippen molar-refractivity contribution >= 4 is 12.0 Å². The average molecular weight is 351 g/mol. The van der Waals surface area contributed by atoms with Crippen molar-refractivity contribution in [2.75, 3.05) is 52.9 Å². The molecular weight excluding hydrogens is 318 g/mol. The third-order valence-electron chi connectivity index (χ3n) is 5.53. The van der Waals surface area contributed by atoms with E-state index in [2.05, 4.69) is 17.9 Å². The lowest BCUT2D eigenvalue weighted by molar-refractivity contribution is -0.143. The Morgan fingerprint density at radius 1 is 1.12 bits per heavy atom. The number of esters is 1. The van der Waals surface area contributed by atoms with Gasteiger partial charge in [0.15, 0.2) is 0 Å².